The molecule has 2 aromatic carbocycles. The van der Waals surface area contributed by atoms with Gasteiger partial charge in [0.2, 0.25) is 5.91 Å². The average Bonchev–Trinajstić information content (AvgIpc) is 3.20. The fourth-order valence-electron chi connectivity index (χ4n) is 2.56. The van der Waals surface area contributed by atoms with Gasteiger partial charge in [-0.1, -0.05) is 30.3 Å². The maximum atomic E-state index is 12.5. The highest BCUT2D eigenvalue weighted by molar-refractivity contribution is 7.14. The van der Waals surface area contributed by atoms with E-state index < -0.39 is 5.97 Å². The Morgan fingerprint density at radius 3 is 2.48 bits per heavy atom. The van der Waals surface area contributed by atoms with Crippen LogP contribution < -0.4 is 10.6 Å². The predicted octanol–water partition coefficient (Wildman–Crippen LogP) is 3.49. The molecule has 0 fully saturated rings. The van der Waals surface area contributed by atoms with Crippen molar-refractivity contribution >= 4 is 34.3 Å². The number of methoxy groups -OCH3 is 1. The van der Waals surface area contributed by atoms with Gasteiger partial charge in [-0.05, 0) is 23.8 Å². The summed E-state index contributed by atoms with van der Waals surface area (Å²) >= 11 is 1.31. The number of esters is 1. The first-order valence-electron chi connectivity index (χ1n) is 8.75. The molecule has 3 aromatic rings. The van der Waals surface area contributed by atoms with Crippen molar-refractivity contribution in [2.24, 2.45) is 0 Å². The zero-order valence-electron chi connectivity index (χ0n) is 15.9. The van der Waals surface area contributed by atoms with Gasteiger partial charge in [0.15, 0.2) is 5.13 Å². The fourth-order valence-corrected chi connectivity index (χ4v) is 3.27. The van der Waals surface area contributed by atoms with E-state index in [1.807, 2.05) is 29.6 Å². The SMILES string of the molecule is COC(=O)c1cccc(C(=O)Nc2nc(-c3ccc(CNC(C)=O)cc3)cs2)c1. The first kappa shape index (κ1) is 20.2. The molecule has 2 amide bonds. The molecule has 1 heterocycles. The minimum atomic E-state index is -0.502. The smallest absolute Gasteiger partial charge is 0.337 e. The van der Waals surface area contributed by atoms with Crippen molar-refractivity contribution in [2.45, 2.75) is 13.5 Å². The lowest BCUT2D eigenvalue weighted by molar-refractivity contribution is -0.119. The van der Waals surface area contributed by atoms with E-state index in [4.69, 9.17) is 0 Å². The van der Waals surface area contributed by atoms with Crippen LogP contribution in [-0.2, 0) is 16.1 Å². The second kappa shape index (κ2) is 9.11. The van der Waals surface area contributed by atoms with E-state index in [-0.39, 0.29) is 11.8 Å². The highest BCUT2D eigenvalue weighted by Crippen LogP contribution is 2.25. The van der Waals surface area contributed by atoms with Gasteiger partial charge >= 0.3 is 5.97 Å². The fraction of sp³-hybridized carbons (Fsp3) is 0.143. The summed E-state index contributed by atoms with van der Waals surface area (Å²) in [5.74, 6) is -0.938. The standard InChI is InChI=1S/C21H19N3O4S/c1-13(25)22-11-14-6-8-15(9-7-14)18-12-29-21(23-18)24-19(26)16-4-3-5-17(10-16)20(27)28-2/h3-10,12H,11H2,1-2H3,(H,22,25)(H,23,24,26). The first-order chi connectivity index (χ1) is 14.0. The minimum absolute atomic E-state index is 0.0777. The monoisotopic (exact) mass is 409 g/mol. The summed E-state index contributed by atoms with van der Waals surface area (Å²) in [5.41, 5.74) is 3.27. The van der Waals surface area contributed by atoms with E-state index in [1.54, 1.807) is 18.2 Å². The summed E-state index contributed by atoms with van der Waals surface area (Å²) in [6.07, 6.45) is 0. The topological polar surface area (TPSA) is 97.4 Å². The molecule has 3 rings (SSSR count). The molecule has 7 nitrogen and oxygen atoms in total. The summed E-state index contributed by atoms with van der Waals surface area (Å²) in [6.45, 7) is 1.95. The Labute approximate surface area is 171 Å². The Hall–Kier alpha value is -3.52. The van der Waals surface area contributed by atoms with Crippen LogP contribution in [0.4, 0.5) is 5.13 Å². The quantitative estimate of drug-likeness (QED) is 0.608. The molecule has 0 aliphatic carbocycles. The molecule has 0 radical (unpaired) electrons. The van der Waals surface area contributed by atoms with E-state index in [0.29, 0.717) is 22.8 Å². The van der Waals surface area contributed by atoms with Crippen LogP contribution in [0.5, 0.6) is 0 Å². The molecule has 0 atom stereocenters. The van der Waals surface area contributed by atoms with Gasteiger partial charge in [0.1, 0.15) is 0 Å². The summed E-state index contributed by atoms with van der Waals surface area (Å²) in [7, 11) is 1.29. The van der Waals surface area contributed by atoms with Crippen LogP contribution in [0.3, 0.4) is 0 Å². The lowest BCUT2D eigenvalue weighted by Gasteiger charge is -2.04. The van der Waals surface area contributed by atoms with E-state index in [1.165, 1.54) is 31.4 Å². The third kappa shape index (κ3) is 5.26. The Bertz CT molecular complexity index is 1040. The van der Waals surface area contributed by atoms with Gasteiger partial charge < -0.3 is 10.1 Å². The van der Waals surface area contributed by atoms with E-state index >= 15 is 0 Å². The number of hydrogen-bond donors (Lipinski definition) is 2. The lowest BCUT2D eigenvalue weighted by Crippen LogP contribution is -2.18. The van der Waals surface area contributed by atoms with Gasteiger partial charge in [-0.2, -0.15) is 0 Å². The third-order valence-corrected chi connectivity index (χ3v) is 4.82. The van der Waals surface area contributed by atoms with Gasteiger partial charge in [0.05, 0.1) is 18.4 Å². The van der Waals surface area contributed by atoms with Gasteiger partial charge in [0.25, 0.3) is 5.91 Å². The summed E-state index contributed by atoms with van der Waals surface area (Å²) in [4.78, 5) is 39.5. The van der Waals surface area contributed by atoms with Crippen molar-refractivity contribution in [1.82, 2.24) is 10.3 Å². The number of rotatable bonds is 6. The van der Waals surface area contributed by atoms with Crippen molar-refractivity contribution in [3.05, 3.63) is 70.6 Å². The largest absolute Gasteiger partial charge is 0.465 e. The molecule has 0 saturated carbocycles. The maximum absolute atomic E-state index is 12.5. The van der Waals surface area contributed by atoms with Gasteiger partial charge in [-0.3, -0.25) is 14.9 Å². The highest BCUT2D eigenvalue weighted by atomic mass is 32.1. The maximum Gasteiger partial charge on any atom is 0.337 e. The number of amides is 2. The number of nitrogens with one attached hydrogen (secondary N) is 2. The average molecular weight is 409 g/mol. The number of hydrogen-bond acceptors (Lipinski definition) is 6. The van der Waals surface area contributed by atoms with Crippen LogP contribution in [0.2, 0.25) is 0 Å². The van der Waals surface area contributed by atoms with Crippen molar-refractivity contribution in [1.29, 1.82) is 0 Å². The molecule has 29 heavy (non-hydrogen) atoms. The Morgan fingerprint density at radius 2 is 1.79 bits per heavy atom. The van der Waals surface area contributed by atoms with Crippen LogP contribution in [0.15, 0.2) is 53.9 Å². The summed E-state index contributed by atoms with van der Waals surface area (Å²) in [6, 6.07) is 14.0. The number of aromatic nitrogens is 1. The third-order valence-electron chi connectivity index (χ3n) is 4.06. The second-order valence-corrected chi connectivity index (χ2v) is 7.03. The predicted molar refractivity (Wildman–Crippen MR) is 111 cm³/mol. The molecule has 0 bridgehead atoms. The Balaban J connectivity index is 1.68. The Morgan fingerprint density at radius 1 is 1.07 bits per heavy atom. The Kier molecular flexibility index (Phi) is 6.36. The van der Waals surface area contributed by atoms with E-state index in [0.717, 1.165) is 16.8 Å². The number of anilines is 1. The van der Waals surface area contributed by atoms with E-state index in [9.17, 15) is 14.4 Å². The van der Waals surface area contributed by atoms with Gasteiger partial charge in [0, 0.05) is 30.0 Å². The van der Waals surface area contributed by atoms with Crippen LogP contribution in [-0.4, -0.2) is 29.9 Å². The molecule has 0 unspecified atom stereocenters. The van der Waals surface area contributed by atoms with Gasteiger partial charge in [-0.25, -0.2) is 9.78 Å². The first-order valence-corrected chi connectivity index (χ1v) is 9.63. The number of benzene rings is 2. The number of carbonyl (C=O) groups excluding carboxylic acids is 3. The summed E-state index contributed by atoms with van der Waals surface area (Å²) < 4.78 is 4.68. The van der Waals surface area contributed by atoms with Crippen molar-refractivity contribution in [3.8, 4) is 11.3 Å². The molecule has 2 N–H and O–H groups in total. The molecule has 1 aromatic heterocycles. The van der Waals surface area contributed by atoms with Crippen molar-refractivity contribution in [3.63, 3.8) is 0 Å². The second-order valence-electron chi connectivity index (χ2n) is 6.17. The normalized spacial score (nSPS) is 10.3. The number of ether oxygens (including phenoxy) is 1. The molecule has 148 valence electrons. The van der Waals surface area contributed by atoms with Crippen molar-refractivity contribution < 1.29 is 19.1 Å². The molecule has 8 heteroatoms. The lowest BCUT2D eigenvalue weighted by atomic mass is 10.1. The van der Waals surface area contributed by atoms with Crippen LogP contribution in [0.1, 0.15) is 33.2 Å². The van der Waals surface area contributed by atoms with Crippen molar-refractivity contribution in [2.75, 3.05) is 12.4 Å². The molecular formula is C21H19N3O4S. The summed E-state index contributed by atoms with van der Waals surface area (Å²) in [5, 5.41) is 7.80. The van der Waals surface area contributed by atoms with E-state index in [2.05, 4.69) is 20.4 Å². The molecule has 0 saturated heterocycles. The number of nitrogens with zero attached hydrogens (tertiary/aromatic N) is 1. The molecule has 0 aliphatic rings. The minimum Gasteiger partial charge on any atom is -0.465 e. The van der Waals surface area contributed by atoms with Gasteiger partial charge in [-0.15, -0.1) is 11.3 Å². The van der Waals surface area contributed by atoms with Crippen LogP contribution in [0, 0.1) is 0 Å². The van der Waals surface area contributed by atoms with Crippen LogP contribution >= 0.6 is 11.3 Å². The molecular weight excluding hydrogens is 390 g/mol. The zero-order chi connectivity index (χ0) is 20.8. The number of carbonyl (C=O) groups is 3. The molecule has 0 aliphatic heterocycles. The van der Waals surface area contributed by atoms with Crippen LogP contribution in [0.25, 0.3) is 11.3 Å². The zero-order valence-corrected chi connectivity index (χ0v) is 16.7. The molecule has 0 spiro atoms. The number of thiazole rings is 1. The highest BCUT2D eigenvalue weighted by Gasteiger charge is 2.13.